The topological polar surface area (TPSA) is 76.1 Å². The van der Waals surface area contributed by atoms with Crippen molar-refractivity contribution < 1.29 is 9.53 Å². The second-order valence-corrected chi connectivity index (χ2v) is 4.59. The molecule has 6 heteroatoms. The molecular formula is C11H18N4O2. The van der Waals surface area contributed by atoms with Gasteiger partial charge in [-0.15, -0.1) is 0 Å². The number of nitrogens with zero attached hydrogens (tertiary/aromatic N) is 2. The molecule has 0 bridgehead atoms. The van der Waals surface area contributed by atoms with E-state index in [0.717, 1.165) is 0 Å². The molecule has 1 heterocycles. The standard InChI is InChI=1S/C11H18N4O2/c1-11(2,3)15-9-5-8(13-7-14-9)12-6-10(16)17-4/h5,7H,6H2,1-4H3,(H2,12,13,14,15). The van der Waals surface area contributed by atoms with Crippen molar-refractivity contribution in [1.82, 2.24) is 9.97 Å². The molecule has 0 atom stereocenters. The van der Waals surface area contributed by atoms with Gasteiger partial charge in [-0.2, -0.15) is 0 Å². The first-order valence-electron chi connectivity index (χ1n) is 5.31. The number of hydrogen-bond acceptors (Lipinski definition) is 6. The van der Waals surface area contributed by atoms with Crippen molar-refractivity contribution in [3.63, 3.8) is 0 Å². The van der Waals surface area contributed by atoms with E-state index in [-0.39, 0.29) is 18.1 Å². The van der Waals surface area contributed by atoms with Gasteiger partial charge in [0.25, 0.3) is 0 Å². The molecule has 0 aliphatic carbocycles. The zero-order chi connectivity index (χ0) is 12.9. The number of ether oxygens (including phenoxy) is 1. The molecular weight excluding hydrogens is 220 g/mol. The van der Waals surface area contributed by atoms with Gasteiger partial charge in [0, 0.05) is 11.6 Å². The normalized spacial score (nSPS) is 10.8. The number of anilines is 2. The zero-order valence-electron chi connectivity index (χ0n) is 10.6. The van der Waals surface area contributed by atoms with Crippen LogP contribution >= 0.6 is 0 Å². The quantitative estimate of drug-likeness (QED) is 0.769. The van der Waals surface area contributed by atoms with E-state index in [4.69, 9.17) is 0 Å². The third-order valence-corrected chi connectivity index (χ3v) is 1.81. The van der Waals surface area contributed by atoms with Crippen molar-refractivity contribution in [2.45, 2.75) is 26.3 Å². The highest BCUT2D eigenvalue weighted by Gasteiger charge is 2.10. The third-order valence-electron chi connectivity index (χ3n) is 1.81. The third kappa shape index (κ3) is 5.14. The van der Waals surface area contributed by atoms with Crippen molar-refractivity contribution >= 4 is 17.6 Å². The summed E-state index contributed by atoms with van der Waals surface area (Å²) < 4.78 is 4.52. The maximum atomic E-state index is 11.0. The molecule has 0 aliphatic heterocycles. The highest BCUT2D eigenvalue weighted by Crippen LogP contribution is 2.13. The fourth-order valence-electron chi connectivity index (χ4n) is 1.14. The molecule has 0 amide bonds. The summed E-state index contributed by atoms with van der Waals surface area (Å²) in [5.74, 6) is 0.950. The summed E-state index contributed by atoms with van der Waals surface area (Å²) in [7, 11) is 1.34. The summed E-state index contributed by atoms with van der Waals surface area (Å²) in [6.07, 6.45) is 1.44. The van der Waals surface area contributed by atoms with Crippen molar-refractivity contribution in [1.29, 1.82) is 0 Å². The minimum Gasteiger partial charge on any atom is -0.468 e. The molecule has 0 spiro atoms. The molecule has 1 rings (SSSR count). The Bertz CT molecular complexity index is 387. The monoisotopic (exact) mass is 238 g/mol. The van der Waals surface area contributed by atoms with Crippen LogP contribution < -0.4 is 10.6 Å². The number of aromatic nitrogens is 2. The molecule has 1 aromatic rings. The van der Waals surface area contributed by atoms with Crippen LogP contribution in [0, 0.1) is 0 Å². The summed E-state index contributed by atoms with van der Waals surface area (Å²) in [6, 6.07) is 1.74. The molecule has 0 aromatic carbocycles. The van der Waals surface area contributed by atoms with Crippen molar-refractivity contribution in [3.05, 3.63) is 12.4 Å². The minimum absolute atomic E-state index is 0.0754. The zero-order valence-corrected chi connectivity index (χ0v) is 10.6. The molecule has 0 saturated carbocycles. The predicted molar refractivity (Wildman–Crippen MR) is 65.9 cm³/mol. The number of nitrogens with one attached hydrogen (secondary N) is 2. The van der Waals surface area contributed by atoms with E-state index < -0.39 is 0 Å². The molecule has 0 aliphatic rings. The first-order chi connectivity index (χ1) is 7.90. The van der Waals surface area contributed by atoms with E-state index in [2.05, 4.69) is 25.3 Å². The summed E-state index contributed by atoms with van der Waals surface area (Å²) in [5, 5.41) is 6.07. The molecule has 17 heavy (non-hydrogen) atoms. The molecule has 1 aromatic heterocycles. The Labute approximate surface area is 101 Å². The summed E-state index contributed by atoms with van der Waals surface area (Å²) in [5.41, 5.74) is -0.0754. The summed E-state index contributed by atoms with van der Waals surface area (Å²) >= 11 is 0. The van der Waals surface area contributed by atoms with Gasteiger partial charge in [-0.05, 0) is 20.8 Å². The van der Waals surface area contributed by atoms with Crippen LogP contribution in [0.5, 0.6) is 0 Å². The number of carbonyl (C=O) groups is 1. The van der Waals surface area contributed by atoms with Crippen LogP contribution in [0.25, 0.3) is 0 Å². The van der Waals surface area contributed by atoms with Crippen LogP contribution in [0.4, 0.5) is 11.6 Å². The van der Waals surface area contributed by atoms with Gasteiger partial charge in [0.1, 0.15) is 24.5 Å². The lowest BCUT2D eigenvalue weighted by Crippen LogP contribution is -2.26. The average molecular weight is 238 g/mol. The van der Waals surface area contributed by atoms with Gasteiger partial charge in [-0.25, -0.2) is 9.97 Å². The number of esters is 1. The Hall–Kier alpha value is -1.85. The number of hydrogen-bond donors (Lipinski definition) is 2. The molecule has 0 fully saturated rings. The van der Waals surface area contributed by atoms with Gasteiger partial charge in [0.2, 0.25) is 0 Å². The molecule has 2 N–H and O–H groups in total. The lowest BCUT2D eigenvalue weighted by atomic mass is 10.1. The highest BCUT2D eigenvalue weighted by atomic mass is 16.5. The lowest BCUT2D eigenvalue weighted by molar-refractivity contribution is -0.138. The van der Waals surface area contributed by atoms with E-state index >= 15 is 0 Å². The van der Waals surface area contributed by atoms with E-state index in [9.17, 15) is 4.79 Å². The van der Waals surface area contributed by atoms with Gasteiger partial charge in [-0.3, -0.25) is 4.79 Å². The van der Waals surface area contributed by atoms with E-state index in [0.29, 0.717) is 11.6 Å². The average Bonchev–Trinajstić information content (AvgIpc) is 2.24. The second-order valence-electron chi connectivity index (χ2n) is 4.59. The van der Waals surface area contributed by atoms with Crippen molar-refractivity contribution in [2.75, 3.05) is 24.3 Å². The van der Waals surface area contributed by atoms with Gasteiger partial charge < -0.3 is 15.4 Å². The Morgan fingerprint density at radius 3 is 2.59 bits per heavy atom. The van der Waals surface area contributed by atoms with Crippen LogP contribution in [0.2, 0.25) is 0 Å². The summed E-state index contributed by atoms with van der Waals surface area (Å²) in [4.78, 5) is 19.1. The molecule has 0 radical (unpaired) electrons. The maximum absolute atomic E-state index is 11.0. The van der Waals surface area contributed by atoms with Crippen LogP contribution in [0.15, 0.2) is 12.4 Å². The fraction of sp³-hybridized carbons (Fsp3) is 0.545. The first-order valence-corrected chi connectivity index (χ1v) is 5.31. The van der Waals surface area contributed by atoms with E-state index in [1.807, 2.05) is 20.8 Å². The largest absolute Gasteiger partial charge is 0.468 e. The Morgan fingerprint density at radius 1 is 1.35 bits per heavy atom. The lowest BCUT2D eigenvalue weighted by Gasteiger charge is -2.21. The van der Waals surface area contributed by atoms with Gasteiger partial charge >= 0.3 is 5.97 Å². The van der Waals surface area contributed by atoms with Gasteiger partial charge in [0.15, 0.2) is 0 Å². The number of methoxy groups -OCH3 is 1. The van der Waals surface area contributed by atoms with Crippen LogP contribution in [0.1, 0.15) is 20.8 Å². The Morgan fingerprint density at radius 2 is 2.00 bits per heavy atom. The molecule has 6 nitrogen and oxygen atoms in total. The molecule has 0 saturated heterocycles. The predicted octanol–water partition coefficient (Wildman–Crippen LogP) is 1.27. The SMILES string of the molecule is COC(=O)CNc1cc(NC(C)(C)C)ncn1. The van der Waals surface area contributed by atoms with Gasteiger partial charge in [-0.1, -0.05) is 0 Å². The Balaban J connectivity index is 2.63. The number of rotatable bonds is 4. The molecule has 0 unspecified atom stereocenters. The van der Waals surface area contributed by atoms with E-state index in [1.165, 1.54) is 13.4 Å². The summed E-state index contributed by atoms with van der Waals surface area (Å²) in [6.45, 7) is 6.20. The van der Waals surface area contributed by atoms with Crippen LogP contribution in [-0.2, 0) is 9.53 Å². The maximum Gasteiger partial charge on any atom is 0.325 e. The number of carbonyl (C=O) groups excluding carboxylic acids is 1. The second kappa shape index (κ2) is 5.47. The highest BCUT2D eigenvalue weighted by molar-refractivity contribution is 5.74. The van der Waals surface area contributed by atoms with Crippen LogP contribution in [0.3, 0.4) is 0 Å². The smallest absolute Gasteiger partial charge is 0.325 e. The fourth-order valence-corrected chi connectivity index (χ4v) is 1.14. The molecule has 94 valence electrons. The van der Waals surface area contributed by atoms with Crippen molar-refractivity contribution in [2.24, 2.45) is 0 Å². The van der Waals surface area contributed by atoms with Crippen molar-refractivity contribution in [3.8, 4) is 0 Å². The minimum atomic E-state index is -0.339. The van der Waals surface area contributed by atoms with Crippen LogP contribution in [-0.4, -0.2) is 35.1 Å². The van der Waals surface area contributed by atoms with Gasteiger partial charge in [0.05, 0.1) is 7.11 Å². The first kappa shape index (κ1) is 13.2. The Kier molecular flexibility index (Phi) is 4.25. The van der Waals surface area contributed by atoms with E-state index in [1.54, 1.807) is 6.07 Å².